The molecule has 0 unspecified atom stereocenters. The summed E-state index contributed by atoms with van der Waals surface area (Å²) in [6.07, 6.45) is 7.34. The summed E-state index contributed by atoms with van der Waals surface area (Å²) in [5, 5.41) is 0. The molecular weight excluding hydrogens is 527 g/mol. The third-order valence-electron chi connectivity index (χ3n) is 6.20. The van der Waals surface area contributed by atoms with Crippen LogP contribution >= 0.6 is 0 Å². The molecule has 0 amide bonds. The zero-order valence-electron chi connectivity index (χ0n) is 21.8. The molecule has 1 aromatic carbocycles. The van der Waals surface area contributed by atoms with Gasteiger partial charge >= 0.3 is 206 Å². The first-order valence-electron chi connectivity index (χ1n) is 12.4. The van der Waals surface area contributed by atoms with Gasteiger partial charge in [-0.05, 0) is 0 Å². The van der Waals surface area contributed by atoms with Crippen molar-refractivity contribution in [2.75, 3.05) is 34.9 Å². The Bertz CT molecular complexity index is 626. The predicted octanol–water partition coefficient (Wildman–Crippen LogP) is 5.77. The van der Waals surface area contributed by atoms with E-state index < -0.39 is 18.4 Å². The number of methoxy groups -OCH3 is 3. The van der Waals surface area contributed by atoms with E-state index in [0.717, 1.165) is 11.1 Å². The molecule has 0 aliphatic carbocycles. The fraction of sp³-hybridized carbons (Fsp3) is 0.731. The molecular formula is C26H46O6Sn. The molecule has 0 aliphatic rings. The van der Waals surface area contributed by atoms with E-state index in [1.54, 1.807) is 14.2 Å². The maximum atomic E-state index is 12.5. The Labute approximate surface area is 205 Å². The molecule has 0 atom stereocenters. The van der Waals surface area contributed by atoms with Gasteiger partial charge in [0.1, 0.15) is 0 Å². The molecule has 0 N–H and O–H groups in total. The summed E-state index contributed by atoms with van der Waals surface area (Å²) in [6.45, 7) is 8.13. The van der Waals surface area contributed by atoms with Crippen LogP contribution in [0.1, 0.15) is 80.8 Å². The van der Waals surface area contributed by atoms with Gasteiger partial charge < -0.3 is 0 Å². The molecule has 0 bridgehead atoms. The summed E-state index contributed by atoms with van der Waals surface area (Å²) in [7, 11) is 4.68. The molecule has 1 rings (SSSR count). The molecule has 0 aliphatic heterocycles. The van der Waals surface area contributed by atoms with E-state index in [9.17, 15) is 4.79 Å². The van der Waals surface area contributed by atoms with Gasteiger partial charge in [0.25, 0.3) is 0 Å². The first-order valence-corrected chi connectivity index (χ1v) is 19.9. The summed E-state index contributed by atoms with van der Waals surface area (Å²) >= 11 is -2.89. The van der Waals surface area contributed by atoms with Crippen molar-refractivity contribution in [3.05, 3.63) is 28.8 Å². The first kappa shape index (κ1) is 30.4. The summed E-state index contributed by atoms with van der Waals surface area (Å²) in [6, 6.07) is 3.98. The number of carbonyl (C=O) groups is 1. The molecule has 6 nitrogen and oxygen atoms in total. The second-order valence-electron chi connectivity index (χ2n) is 8.76. The van der Waals surface area contributed by atoms with Gasteiger partial charge in [0.05, 0.1) is 0 Å². The van der Waals surface area contributed by atoms with Crippen molar-refractivity contribution < 1.29 is 28.5 Å². The monoisotopic (exact) mass is 574 g/mol. The average Bonchev–Trinajstić information content (AvgIpc) is 2.83. The molecule has 0 aromatic heterocycles. The molecule has 190 valence electrons. The number of unbranched alkanes of at least 4 members (excludes halogenated alkanes) is 3. The van der Waals surface area contributed by atoms with Crippen LogP contribution in [0, 0.1) is 0 Å². The van der Waals surface area contributed by atoms with Crippen molar-refractivity contribution in [3.8, 4) is 0 Å². The van der Waals surface area contributed by atoms with Crippen LogP contribution in [-0.2, 0) is 36.9 Å². The summed E-state index contributed by atoms with van der Waals surface area (Å²) in [4.78, 5) is 12.5. The van der Waals surface area contributed by atoms with Gasteiger partial charge in [-0.3, -0.25) is 0 Å². The van der Waals surface area contributed by atoms with E-state index in [-0.39, 0.29) is 19.6 Å². The zero-order valence-corrected chi connectivity index (χ0v) is 24.7. The van der Waals surface area contributed by atoms with E-state index in [0.29, 0.717) is 18.8 Å². The second kappa shape index (κ2) is 17.7. The van der Waals surface area contributed by atoms with Gasteiger partial charge in [-0.2, -0.15) is 0 Å². The van der Waals surface area contributed by atoms with Gasteiger partial charge in [-0.15, -0.1) is 0 Å². The van der Waals surface area contributed by atoms with E-state index in [4.69, 9.17) is 23.7 Å². The Morgan fingerprint density at radius 1 is 0.758 bits per heavy atom. The Kier molecular flexibility index (Phi) is 16.3. The number of benzene rings is 1. The van der Waals surface area contributed by atoms with Crippen molar-refractivity contribution in [1.29, 1.82) is 0 Å². The Hall–Kier alpha value is -0.671. The van der Waals surface area contributed by atoms with Crippen LogP contribution < -0.4 is 3.58 Å². The minimum atomic E-state index is -2.89. The van der Waals surface area contributed by atoms with Crippen LogP contribution in [0.2, 0.25) is 13.3 Å². The van der Waals surface area contributed by atoms with E-state index in [2.05, 4.69) is 20.8 Å². The molecule has 0 saturated carbocycles. The van der Waals surface area contributed by atoms with Crippen LogP contribution in [0.4, 0.5) is 0 Å². The minimum absolute atomic E-state index is 0.221. The number of hydrogen-bond donors (Lipinski definition) is 0. The second-order valence-corrected chi connectivity index (χ2v) is 21.8. The average molecular weight is 573 g/mol. The van der Waals surface area contributed by atoms with Gasteiger partial charge in [0.15, 0.2) is 0 Å². The quantitative estimate of drug-likeness (QED) is 0.0907. The van der Waals surface area contributed by atoms with E-state index >= 15 is 0 Å². The third kappa shape index (κ3) is 9.84. The SMILES string of the molecule is CCC[CH2][Sn]([CH2]CCC)([CH2]CCC)[c]1c(COCOC)cc(C(=O)OC)cc1COCOC. The van der Waals surface area contributed by atoms with Gasteiger partial charge in [0.2, 0.25) is 0 Å². The standard InChI is InChI=1S/C14H19O6.3C4H9.Sn/c1-16-9-19-7-11-4-12(8-20-10-17-2)6-13(5-11)14(15)18-3;3*1-3-4-2;/h5-6H,7-10H2,1-3H3;3*1,3-4H2,2H3;. The van der Waals surface area contributed by atoms with Gasteiger partial charge in [-0.1, -0.05) is 0 Å². The zero-order chi connectivity index (χ0) is 24.5. The van der Waals surface area contributed by atoms with Crippen molar-refractivity contribution in [2.45, 2.75) is 85.8 Å². The van der Waals surface area contributed by atoms with Crippen molar-refractivity contribution in [3.63, 3.8) is 0 Å². The van der Waals surface area contributed by atoms with Gasteiger partial charge in [0, 0.05) is 0 Å². The van der Waals surface area contributed by atoms with Crippen molar-refractivity contribution in [1.82, 2.24) is 0 Å². The number of hydrogen-bond acceptors (Lipinski definition) is 6. The summed E-state index contributed by atoms with van der Waals surface area (Å²) in [5.74, 6) is -0.334. The Morgan fingerprint density at radius 3 is 1.52 bits per heavy atom. The normalized spacial score (nSPS) is 11.7. The van der Waals surface area contributed by atoms with Crippen LogP contribution in [-0.4, -0.2) is 59.3 Å². The van der Waals surface area contributed by atoms with Crippen LogP contribution in [0.15, 0.2) is 12.1 Å². The predicted molar refractivity (Wildman–Crippen MR) is 136 cm³/mol. The molecule has 0 fully saturated rings. The molecule has 0 heterocycles. The van der Waals surface area contributed by atoms with Crippen LogP contribution in [0.3, 0.4) is 0 Å². The summed E-state index contributed by atoms with van der Waals surface area (Å²) < 4.78 is 32.5. The van der Waals surface area contributed by atoms with E-state index in [1.807, 2.05) is 12.1 Å². The van der Waals surface area contributed by atoms with Crippen molar-refractivity contribution >= 4 is 27.9 Å². The van der Waals surface area contributed by atoms with Crippen LogP contribution in [0.5, 0.6) is 0 Å². The third-order valence-corrected chi connectivity index (χ3v) is 22.3. The molecule has 0 spiro atoms. The van der Waals surface area contributed by atoms with Crippen LogP contribution in [0.25, 0.3) is 0 Å². The topological polar surface area (TPSA) is 63.2 Å². The number of carbonyl (C=O) groups excluding carboxylic acids is 1. The molecule has 7 heteroatoms. The summed E-state index contributed by atoms with van der Waals surface area (Å²) in [5.41, 5.74) is 2.78. The molecule has 1 aromatic rings. The number of ether oxygens (including phenoxy) is 5. The Morgan fingerprint density at radius 2 is 1.18 bits per heavy atom. The maximum absolute atomic E-state index is 12.5. The van der Waals surface area contributed by atoms with Crippen molar-refractivity contribution in [2.24, 2.45) is 0 Å². The number of rotatable bonds is 19. The first-order chi connectivity index (χ1) is 16.0. The molecule has 0 saturated heterocycles. The van der Waals surface area contributed by atoms with E-state index in [1.165, 1.54) is 62.5 Å². The molecule has 0 radical (unpaired) electrons. The molecule has 33 heavy (non-hydrogen) atoms. The Balaban J connectivity index is 3.74. The fourth-order valence-corrected chi connectivity index (χ4v) is 22.5. The number of esters is 1. The van der Waals surface area contributed by atoms with Gasteiger partial charge in [-0.25, -0.2) is 0 Å². The fourth-order valence-electron chi connectivity index (χ4n) is 4.68.